The Morgan fingerprint density at radius 1 is 0.357 bits per heavy atom. The third-order valence-electron chi connectivity index (χ3n) is 7.44. The van der Waals surface area contributed by atoms with Crippen molar-refractivity contribution in [2.45, 2.75) is 13.1 Å². The van der Waals surface area contributed by atoms with Gasteiger partial charge in [-0.3, -0.25) is 0 Å². The number of hydrogen-bond acceptors (Lipinski definition) is 0. The minimum atomic E-state index is -1.98. The quantitative estimate of drug-likeness (QED) is 0.434. The molecule has 134 valence electrons. The third kappa shape index (κ3) is 1.71. The Kier molecular flexibility index (Phi) is 3.16. The zero-order valence-corrected chi connectivity index (χ0v) is 18.2. The summed E-state index contributed by atoms with van der Waals surface area (Å²) < 4.78 is 0. The fourth-order valence-electron chi connectivity index (χ4n) is 5.98. The molecule has 0 unspecified atom stereocenters. The van der Waals surface area contributed by atoms with Crippen LogP contribution in [0.25, 0.3) is 22.3 Å². The monoisotopic (exact) mass is 390 g/mol. The molecule has 0 bridgehead atoms. The summed E-state index contributed by atoms with van der Waals surface area (Å²) in [6, 6.07) is 36.9. The predicted molar refractivity (Wildman–Crippen MR) is 126 cm³/mol. The Morgan fingerprint density at radius 2 is 0.571 bits per heavy atom. The van der Waals surface area contributed by atoms with Crippen LogP contribution in [0, 0.1) is 0 Å². The van der Waals surface area contributed by atoms with Gasteiger partial charge in [0.2, 0.25) is 0 Å². The maximum Gasteiger partial charge on any atom is 0.119 e. The minimum absolute atomic E-state index is 1.47. The van der Waals surface area contributed by atoms with Crippen LogP contribution in [0.15, 0.2) is 97.1 Å². The van der Waals surface area contributed by atoms with E-state index in [1.165, 1.54) is 22.3 Å². The lowest BCUT2D eigenvalue weighted by Crippen LogP contribution is -2.80. The van der Waals surface area contributed by atoms with Gasteiger partial charge < -0.3 is 0 Å². The minimum Gasteiger partial charge on any atom is -0.0628 e. The normalized spacial score (nSPS) is 16.8. The van der Waals surface area contributed by atoms with E-state index in [4.69, 9.17) is 0 Å². The van der Waals surface area contributed by atoms with Gasteiger partial charge in [0.1, 0.15) is 15.2 Å². The topological polar surface area (TPSA) is 0 Å². The van der Waals surface area contributed by atoms with E-state index in [0.29, 0.717) is 0 Å². The van der Waals surface area contributed by atoms with E-state index in [1.54, 1.807) is 20.7 Å². The molecule has 0 saturated carbocycles. The Morgan fingerprint density at radius 3 is 0.821 bits per heavy atom. The van der Waals surface area contributed by atoms with E-state index >= 15 is 0 Å². The molecule has 0 spiro atoms. The van der Waals surface area contributed by atoms with E-state index < -0.39 is 15.2 Å². The van der Waals surface area contributed by atoms with Crippen LogP contribution in [0.2, 0.25) is 13.1 Å². The molecule has 0 saturated heterocycles. The molecule has 0 nitrogen and oxygen atoms in total. The van der Waals surface area contributed by atoms with Crippen LogP contribution in [-0.4, -0.2) is 15.2 Å². The van der Waals surface area contributed by atoms with Crippen molar-refractivity contribution in [2.24, 2.45) is 0 Å². The first-order valence-electron chi connectivity index (χ1n) is 10.1. The maximum absolute atomic E-state index is 2.66. The highest BCUT2D eigenvalue weighted by molar-refractivity contribution is 7.60. The summed E-state index contributed by atoms with van der Waals surface area (Å²) in [7, 11) is -3.96. The Labute approximate surface area is 168 Å². The molecule has 0 fully saturated rings. The van der Waals surface area contributed by atoms with Crippen LogP contribution in [0.1, 0.15) is 0 Å². The van der Waals surface area contributed by atoms with Gasteiger partial charge in [0, 0.05) is 0 Å². The molecule has 0 aliphatic carbocycles. The summed E-state index contributed by atoms with van der Waals surface area (Å²) in [6.07, 6.45) is 0. The first-order chi connectivity index (χ1) is 13.7. The molecule has 2 aliphatic rings. The second kappa shape index (κ2) is 5.43. The van der Waals surface area contributed by atoms with Gasteiger partial charge in [-0.15, -0.1) is 0 Å². The number of hydrogen-bond donors (Lipinski definition) is 0. The van der Waals surface area contributed by atoms with E-state index in [0.717, 1.165) is 0 Å². The van der Waals surface area contributed by atoms with E-state index in [-0.39, 0.29) is 0 Å². The average Bonchev–Trinajstić information content (AvgIpc) is 3.19. The molecule has 6 rings (SSSR count). The molecule has 0 aromatic heterocycles. The molecule has 2 aliphatic heterocycles. The largest absolute Gasteiger partial charge is 0.119 e. The molecule has 2 heterocycles. The van der Waals surface area contributed by atoms with Crippen LogP contribution in [0.3, 0.4) is 0 Å². The number of rotatable bonds is 1. The Bertz CT molecular complexity index is 1060. The van der Waals surface area contributed by atoms with Crippen molar-refractivity contribution in [2.75, 3.05) is 0 Å². The van der Waals surface area contributed by atoms with Crippen LogP contribution in [0.4, 0.5) is 0 Å². The summed E-state index contributed by atoms with van der Waals surface area (Å²) in [5.41, 5.74) is 5.90. The lowest BCUT2D eigenvalue weighted by Gasteiger charge is -2.41. The maximum atomic E-state index is 2.66. The van der Waals surface area contributed by atoms with Crippen molar-refractivity contribution in [1.29, 1.82) is 0 Å². The van der Waals surface area contributed by atoms with Crippen LogP contribution >= 0.6 is 0 Å². The first-order valence-corrected chi connectivity index (χ1v) is 16.1. The SMILES string of the molecule is C[Si]1([Si]2(C)c3ccccc3-c3ccccc32)c2ccccc2-c2ccccc21. The third-order valence-corrected chi connectivity index (χ3v) is 24.7. The highest BCUT2D eigenvalue weighted by atomic mass is 29.3. The average molecular weight is 391 g/mol. The molecule has 2 heteroatoms. The fraction of sp³-hybridized carbons (Fsp3) is 0.0769. The molecule has 4 aromatic rings. The van der Waals surface area contributed by atoms with Gasteiger partial charge in [-0.1, -0.05) is 110 Å². The van der Waals surface area contributed by atoms with Crippen LogP contribution < -0.4 is 20.7 Å². The van der Waals surface area contributed by atoms with E-state index in [1.807, 2.05) is 0 Å². The fourth-order valence-corrected chi connectivity index (χ4v) is 22.5. The molecule has 4 aromatic carbocycles. The Balaban J connectivity index is 1.78. The molecule has 0 radical (unpaired) electrons. The smallest absolute Gasteiger partial charge is 0.0628 e. The second-order valence-electron chi connectivity index (χ2n) is 8.43. The van der Waals surface area contributed by atoms with Crippen molar-refractivity contribution in [3.63, 3.8) is 0 Å². The molecule has 0 atom stereocenters. The van der Waals surface area contributed by atoms with Crippen LogP contribution in [0.5, 0.6) is 0 Å². The summed E-state index contributed by atoms with van der Waals surface area (Å²) >= 11 is 0. The van der Waals surface area contributed by atoms with Crippen LogP contribution in [-0.2, 0) is 0 Å². The van der Waals surface area contributed by atoms with E-state index in [9.17, 15) is 0 Å². The zero-order chi connectivity index (χ0) is 18.9. The van der Waals surface area contributed by atoms with Gasteiger partial charge >= 0.3 is 0 Å². The predicted octanol–water partition coefficient (Wildman–Crippen LogP) is 3.81. The molecular formula is C26H22Si2. The van der Waals surface area contributed by atoms with Gasteiger partial charge in [-0.05, 0) is 43.0 Å². The summed E-state index contributed by atoms with van der Waals surface area (Å²) in [6.45, 7) is 5.31. The Hall–Kier alpha value is -2.69. The van der Waals surface area contributed by atoms with Crippen molar-refractivity contribution >= 4 is 35.9 Å². The molecular weight excluding hydrogens is 368 g/mol. The van der Waals surface area contributed by atoms with Gasteiger partial charge in [0.05, 0.1) is 0 Å². The number of fused-ring (bicyclic) bond motifs is 6. The molecule has 28 heavy (non-hydrogen) atoms. The summed E-state index contributed by atoms with van der Waals surface area (Å²) in [5, 5.41) is 6.54. The highest BCUT2D eigenvalue weighted by Gasteiger charge is 2.60. The standard InChI is InChI=1S/C26H22Si2/c1-27(23-15-7-3-11-19(23)20-12-4-8-16-24(20)27)28(2)25-17-9-5-13-21(25)22-14-6-10-18-26(22)28/h3-18H,1-2H3. The van der Waals surface area contributed by atoms with Gasteiger partial charge in [-0.25, -0.2) is 0 Å². The van der Waals surface area contributed by atoms with Gasteiger partial charge in [0.15, 0.2) is 0 Å². The molecule has 0 N–H and O–H groups in total. The molecule has 0 amide bonds. The zero-order valence-electron chi connectivity index (χ0n) is 16.2. The highest BCUT2D eigenvalue weighted by Crippen LogP contribution is 2.38. The summed E-state index contributed by atoms with van der Waals surface area (Å²) in [5.74, 6) is 0. The number of benzene rings is 4. The van der Waals surface area contributed by atoms with Gasteiger partial charge in [-0.2, -0.15) is 0 Å². The summed E-state index contributed by atoms with van der Waals surface area (Å²) in [4.78, 5) is 0. The second-order valence-corrected chi connectivity index (χ2v) is 21.1. The van der Waals surface area contributed by atoms with Gasteiger partial charge in [0.25, 0.3) is 0 Å². The first kappa shape index (κ1) is 16.3. The van der Waals surface area contributed by atoms with Crippen molar-refractivity contribution in [3.8, 4) is 22.3 Å². The van der Waals surface area contributed by atoms with Crippen molar-refractivity contribution in [1.82, 2.24) is 0 Å². The van der Waals surface area contributed by atoms with Crippen molar-refractivity contribution < 1.29 is 0 Å². The van der Waals surface area contributed by atoms with E-state index in [2.05, 4.69) is 110 Å². The van der Waals surface area contributed by atoms with Crippen molar-refractivity contribution in [3.05, 3.63) is 97.1 Å². The lowest BCUT2D eigenvalue weighted by molar-refractivity contribution is 1.71. The lowest BCUT2D eigenvalue weighted by atomic mass is 10.1.